The Morgan fingerprint density at radius 1 is 1.12 bits per heavy atom. The Labute approximate surface area is 185 Å². The molecule has 13 nitrogen and oxygen atoms in total. The van der Waals surface area contributed by atoms with Crippen LogP contribution < -0.4 is 16.4 Å². The Morgan fingerprint density at radius 3 is 2.50 bits per heavy atom. The molecule has 1 aromatic carbocycles. The smallest absolute Gasteiger partial charge is 0.326 e. The minimum atomic E-state index is -1.31. The number of carboxylic acids is 2. The molecular weight excluding hydrogens is 440 g/mol. The Balaban J connectivity index is 1.62. The van der Waals surface area contributed by atoms with Crippen LogP contribution in [0.5, 0.6) is 0 Å². The summed E-state index contributed by atoms with van der Waals surface area (Å²) in [6.07, 6.45) is -0.595. The topological polar surface area (TPSA) is 209 Å². The van der Waals surface area contributed by atoms with Gasteiger partial charge in [0.15, 0.2) is 16.1 Å². The molecule has 1 atom stereocenters. The summed E-state index contributed by atoms with van der Waals surface area (Å²) in [5, 5.41) is 31.2. The predicted octanol–water partition coefficient (Wildman–Crippen LogP) is 0.719. The van der Waals surface area contributed by atoms with E-state index in [1.54, 1.807) is 12.1 Å². The van der Waals surface area contributed by atoms with Crippen molar-refractivity contribution in [3.63, 3.8) is 0 Å². The maximum atomic E-state index is 12.3. The van der Waals surface area contributed by atoms with Crippen LogP contribution in [0.2, 0.25) is 0 Å². The highest BCUT2D eigenvalue weighted by molar-refractivity contribution is 7.71. The van der Waals surface area contributed by atoms with Gasteiger partial charge >= 0.3 is 11.9 Å². The van der Waals surface area contributed by atoms with Gasteiger partial charge in [-0.2, -0.15) is 0 Å². The molecule has 1 amide bonds. The molecule has 0 saturated heterocycles. The quantitative estimate of drug-likeness (QED) is 0.245. The molecule has 3 rings (SSSR count). The Kier molecular flexibility index (Phi) is 6.84. The summed E-state index contributed by atoms with van der Waals surface area (Å²) in [5.41, 5.74) is 7.13. The molecule has 0 bridgehead atoms. The number of hydrogen-bond donors (Lipinski definition) is 6. The highest BCUT2D eigenvalue weighted by Crippen LogP contribution is 2.12. The summed E-state index contributed by atoms with van der Waals surface area (Å²) >= 11 is 5.13. The second-order valence-electron chi connectivity index (χ2n) is 6.58. The number of nitrogens with two attached hydrogens (primary N) is 1. The summed E-state index contributed by atoms with van der Waals surface area (Å²) in [6.45, 7) is 0.212. The van der Waals surface area contributed by atoms with Gasteiger partial charge < -0.3 is 31.6 Å². The van der Waals surface area contributed by atoms with Crippen LogP contribution in [0.25, 0.3) is 11.2 Å². The molecule has 32 heavy (non-hydrogen) atoms. The number of carbonyl (C=O) groups excluding carboxylic acids is 1. The maximum absolute atomic E-state index is 12.3. The minimum absolute atomic E-state index is 0.116. The lowest BCUT2D eigenvalue weighted by Crippen LogP contribution is -2.41. The Hall–Kier alpha value is -4.20. The third kappa shape index (κ3) is 5.69. The molecule has 0 unspecified atom stereocenters. The second kappa shape index (κ2) is 9.74. The van der Waals surface area contributed by atoms with E-state index in [2.05, 4.69) is 35.8 Å². The van der Waals surface area contributed by atoms with Gasteiger partial charge in [0.25, 0.3) is 5.91 Å². The first-order chi connectivity index (χ1) is 15.2. The number of nitrogens with one attached hydrogen (secondary N) is 3. The van der Waals surface area contributed by atoms with Crippen LogP contribution in [-0.2, 0) is 16.1 Å². The fourth-order valence-corrected chi connectivity index (χ4v) is 2.91. The first-order valence-electron chi connectivity index (χ1n) is 9.21. The zero-order valence-corrected chi connectivity index (χ0v) is 17.2. The molecule has 0 aliphatic rings. The van der Waals surface area contributed by atoms with Gasteiger partial charge in [0, 0.05) is 17.7 Å². The number of H-pyrrole nitrogens is 1. The number of benzene rings is 1. The van der Waals surface area contributed by atoms with Crippen molar-refractivity contribution in [3.8, 4) is 0 Å². The average molecular weight is 458 g/mol. The lowest BCUT2D eigenvalue weighted by Gasteiger charge is -2.14. The van der Waals surface area contributed by atoms with E-state index >= 15 is 0 Å². The van der Waals surface area contributed by atoms with E-state index in [0.717, 1.165) is 0 Å². The Morgan fingerprint density at radius 2 is 1.84 bits per heavy atom. The molecule has 0 aliphatic heterocycles. The number of anilines is 2. The lowest BCUT2D eigenvalue weighted by molar-refractivity contribution is -0.140. The van der Waals surface area contributed by atoms with Crippen molar-refractivity contribution in [1.29, 1.82) is 0 Å². The third-order valence-electron chi connectivity index (χ3n) is 4.25. The van der Waals surface area contributed by atoms with Gasteiger partial charge in [-0.05, 0) is 30.7 Å². The molecule has 0 fully saturated rings. The van der Waals surface area contributed by atoms with Crippen LogP contribution in [0.15, 0.2) is 24.3 Å². The van der Waals surface area contributed by atoms with Gasteiger partial charge in [0.05, 0.1) is 6.54 Å². The van der Waals surface area contributed by atoms with Gasteiger partial charge in [0.2, 0.25) is 5.95 Å². The van der Waals surface area contributed by atoms with Crippen molar-refractivity contribution in [3.05, 3.63) is 40.3 Å². The number of nitrogen functional groups attached to an aromatic ring is 1. The van der Waals surface area contributed by atoms with E-state index in [-0.39, 0.29) is 35.5 Å². The van der Waals surface area contributed by atoms with Crippen molar-refractivity contribution in [2.75, 3.05) is 11.1 Å². The normalized spacial score (nSPS) is 11.6. The number of aromatic nitrogens is 5. The number of amides is 1. The zero-order valence-electron chi connectivity index (χ0n) is 16.4. The largest absolute Gasteiger partial charge is 0.481 e. The van der Waals surface area contributed by atoms with Crippen LogP contribution in [0.1, 0.15) is 29.0 Å². The molecule has 14 heteroatoms. The fraction of sp³-hybridized carbons (Fsp3) is 0.222. The van der Waals surface area contributed by atoms with E-state index in [0.29, 0.717) is 22.7 Å². The first kappa shape index (κ1) is 22.5. The maximum Gasteiger partial charge on any atom is 0.326 e. The summed E-state index contributed by atoms with van der Waals surface area (Å²) in [6, 6.07) is 4.92. The second-order valence-corrected chi connectivity index (χ2v) is 6.97. The van der Waals surface area contributed by atoms with Gasteiger partial charge in [-0.3, -0.25) is 9.59 Å². The number of aromatic amines is 1. The molecule has 0 spiro atoms. The molecule has 0 saturated carbocycles. The number of hydrogen-bond acceptors (Lipinski definition) is 10. The van der Waals surface area contributed by atoms with Crippen LogP contribution in [-0.4, -0.2) is 59.2 Å². The molecule has 0 aliphatic carbocycles. The van der Waals surface area contributed by atoms with Gasteiger partial charge in [-0.15, -0.1) is 10.2 Å². The standard InChI is InChI=1S/C18H18N8O5S/c19-18-23-14-13(16(32)24-18)22-11(25-26-14)7-20-9-3-1-8(2-4-9)15(29)21-10(17(30)31)5-6-12(27)28/h1-4,10,20H,5-7H2,(H,21,29)(H,27,28)(H,30,31)(H3,19,23,24,26,32)/t10-/m0/s1. The number of carboxylic acid groups (broad SMARTS) is 2. The van der Waals surface area contributed by atoms with Crippen molar-refractivity contribution in [1.82, 2.24) is 30.5 Å². The molecular formula is C18H18N8O5S. The van der Waals surface area contributed by atoms with Crippen LogP contribution in [0.4, 0.5) is 11.6 Å². The van der Waals surface area contributed by atoms with E-state index in [9.17, 15) is 14.4 Å². The number of nitrogens with zero attached hydrogens (tertiary/aromatic N) is 4. The number of fused-ring (bicyclic) bond motifs is 1. The Bertz CT molecular complexity index is 1230. The predicted molar refractivity (Wildman–Crippen MR) is 114 cm³/mol. The SMILES string of the molecule is Nc1nc(=S)c2nc(CNc3ccc(C(=O)N[C@@H](CCC(=O)O)C(=O)O)cc3)nnc2[nH]1. The number of aliphatic carboxylic acids is 2. The minimum Gasteiger partial charge on any atom is -0.481 e. The van der Waals surface area contributed by atoms with E-state index in [1.165, 1.54) is 12.1 Å². The summed E-state index contributed by atoms with van der Waals surface area (Å²) < 4.78 is 0.200. The van der Waals surface area contributed by atoms with Gasteiger partial charge in [0.1, 0.15) is 11.6 Å². The van der Waals surface area contributed by atoms with Crippen LogP contribution >= 0.6 is 12.2 Å². The van der Waals surface area contributed by atoms with Crippen LogP contribution in [0.3, 0.4) is 0 Å². The molecule has 0 radical (unpaired) electrons. The highest BCUT2D eigenvalue weighted by Gasteiger charge is 2.21. The summed E-state index contributed by atoms with van der Waals surface area (Å²) in [5.74, 6) is -2.61. The fourth-order valence-electron chi connectivity index (χ4n) is 2.67. The van der Waals surface area contributed by atoms with Crippen molar-refractivity contribution in [2.45, 2.75) is 25.4 Å². The zero-order chi connectivity index (χ0) is 23.3. The summed E-state index contributed by atoms with van der Waals surface area (Å²) in [7, 11) is 0. The number of carbonyl (C=O) groups is 3. The molecule has 2 heterocycles. The number of rotatable bonds is 9. The average Bonchev–Trinajstić information content (AvgIpc) is 2.75. The first-order valence-corrected chi connectivity index (χ1v) is 9.62. The molecule has 3 aromatic rings. The molecule has 166 valence electrons. The lowest BCUT2D eigenvalue weighted by atomic mass is 10.1. The van der Waals surface area contributed by atoms with E-state index < -0.39 is 23.9 Å². The van der Waals surface area contributed by atoms with E-state index in [1.807, 2.05) is 0 Å². The summed E-state index contributed by atoms with van der Waals surface area (Å²) in [4.78, 5) is 45.1. The van der Waals surface area contributed by atoms with Crippen LogP contribution in [0, 0.1) is 4.64 Å². The van der Waals surface area contributed by atoms with E-state index in [4.69, 9.17) is 28.2 Å². The monoisotopic (exact) mass is 458 g/mol. The highest BCUT2D eigenvalue weighted by atomic mass is 32.1. The van der Waals surface area contributed by atoms with Gasteiger partial charge in [-0.1, -0.05) is 12.2 Å². The van der Waals surface area contributed by atoms with Gasteiger partial charge in [-0.25, -0.2) is 14.8 Å². The molecule has 7 N–H and O–H groups in total. The third-order valence-corrected chi connectivity index (χ3v) is 4.53. The molecule has 2 aromatic heterocycles. The van der Waals surface area contributed by atoms with Crippen molar-refractivity contribution in [2.24, 2.45) is 0 Å². The van der Waals surface area contributed by atoms with Crippen molar-refractivity contribution >= 4 is 52.9 Å². The van der Waals surface area contributed by atoms with Crippen molar-refractivity contribution < 1.29 is 24.6 Å².